The minimum Gasteiger partial charge on any atom is -0.507 e. The highest BCUT2D eigenvalue weighted by atomic mass is 16.6. The molecule has 0 amide bonds. The number of hydrogen-bond donors (Lipinski definition) is 2. The number of nitrogens with one attached hydrogen (secondary N) is 1. The first-order valence-corrected chi connectivity index (χ1v) is 5.17. The fraction of sp³-hybridized carbons (Fsp3) is 0.0833. The molecule has 2 aromatic rings. The smallest absolute Gasteiger partial charge is 0.269 e. The Kier molecular flexibility index (Phi) is 2.85. The highest BCUT2D eigenvalue weighted by Gasteiger charge is 2.12. The van der Waals surface area contributed by atoms with Crippen molar-refractivity contribution in [2.24, 2.45) is 0 Å². The van der Waals surface area contributed by atoms with Gasteiger partial charge in [-0.05, 0) is 30.7 Å². The molecule has 0 saturated carbocycles. The van der Waals surface area contributed by atoms with E-state index < -0.39 is 10.5 Å². The average Bonchev–Trinajstić information content (AvgIpc) is 2.28. The molecule has 0 unspecified atom stereocenters. The minimum absolute atomic E-state index is 0.0678. The van der Waals surface area contributed by atoms with Crippen LogP contribution >= 0.6 is 0 Å². The quantitative estimate of drug-likeness (QED) is 0.625. The topological polar surface area (TPSA) is 96.2 Å². The summed E-state index contributed by atoms with van der Waals surface area (Å²) in [7, 11) is 0. The van der Waals surface area contributed by atoms with E-state index in [9.17, 15) is 20.0 Å². The van der Waals surface area contributed by atoms with Crippen molar-refractivity contribution in [2.75, 3.05) is 0 Å². The van der Waals surface area contributed by atoms with Gasteiger partial charge < -0.3 is 10.1 Å². The summed E-state index contributed by atoms with van der Waals surface area (Å²) in [5.74, 6) is -0.148. The lowest BCUT2D eigenvalue weighted by Gasteiger charge is -2.04. The number of aromatic nitrogens is 1. The number of rotatable bonds is 2. The maximum absolute atomic E-state index is 11.7. The minimum atomic E-state index is -0.525. The third-order valence-electron chi connectivity index (χ3n) is 2.51. The van der Waals surface area contributed by atoms with E-state index in [2.05, 4.69) is 4.98 Å². The summed E-state index contributed by atoms with van der Waals surface area (Å²) in [6.07, 6.45) is 0. The molecule has 18 heavy (non-hydrogen) atoms. The number of nitro benzene ring substituents is 1. The van der Waals surface area contributed by atoms with Crippen molar-refractivity contribution >= 4 is 5.69 Å². The molecule has 0 spiro atoms. The molecule has 6 heteroatoms. The van der Waals surface area contributed by atoms with Gasteiger partial charge in [-0.2, -0.15) is 0 Å². The largest absolute Gasteiger partial charge is 0.507 e. The summed E-state index contributed by atoms with van der Waals surface area (Å²) in [4.78, 5) is 24.3. The van der Waals surface area contributed by atoms with Crippen molar-refractivity contribution in [1.29, 1.82) is 0 Å². The molecule has 6 nitrogen and oxygen atoms in total. The summed E-state index contributed by atoms with van der Waals surface area (Å²) < 4.78 is 0. The highest BCUT2D eigenvalue weighted by Crippen LogP contribution is 2.26. The zero-order chi connectivity index (χ0) is 13.3. The van der Waals surface area contributed by atoms with Crippen LogP contribution in [0.4, 0.5) is 5.69 Å². The molecule has 92 valence electrons. The normalized spacial score (nSPS) is 10.3. The van der Waals surface area contributed by atoms with E-state index >= 15 is 0 Å². The second-order valence-electron chi connectivity index (χ2n) is 3.85. The SMILES string of the molecule is Cc1cc(O)c(-c2ccc([N+](=O)[O-])cc2)c(=O)[nH]1. The molecule has 0 aliphatic heterocycles. The van der Waals surface area contributed by atoms with E-state index in [-0.39, 0.29) is 17.0 Å². The van der Waals surface area contributed by atoms with Crippen LogP contribution in [0.2, 0.25) is 0 Å². The van der Waals surface area contributed by atoms with Crippen molar-refractivity contribution < 1.29 is 10.0 Å². The number of aromatic hydroxyl groups is 1. The predicted octanol–water partition coefficient (Wildman–Crippen LogP) is 1.96. The van der Waals surface area contributed by atoms with Crippen LogP contribution in [-0.2, 0) is 0 Å². The molecule has 0 aliphatic rings. The van der Waals surface area contributed by atoms with Crippen LogP contribution in [0, 0.1) is 17.0 Å². The first-order chi connectivity index (χ1) is 8.49. The number of nitrogens with zero attached hydrogens (tertiary/aromatic N) is 1. The molecule has 0 saturated heterocycles. The van der Waals surface area contributed by atoms with Crippen LogP contribution in [0.3, 0.4) is 0 Å². The predicted molar refractivity (Wildman–Crippen MR) is 65.6 cm³/mol. The average molecular weight is 246 g/mol. The number of aryl methyl sites for hydroxylation is 1. The number of H-pyrrole nitrogens is 1. The molecule has 1 aromatic heterocycles. The van der Waals surface area contributed by atoms with Crippen molar-refractivity contribution in [3.8, 4) is 16.9 Å². The number of non-ortho nitro benzene ring substituents is 1. The Morgan fingerprint density at radius 1 is 1.28 bits per heavy atom. The third kappa shape index (κ3) is 2.08. The Labute approximate surface area is 102 Å². The Balaban J connectivity index is 2.56. The van der Waals surface area contributed by atoms with Crippen molar-refractivity contribution in [3.05, 3.63) is 56.5 Å². The molecule has 1 heterocycles. The lowest BCUT2D eigenvalue weighted by molar-refractivity contribution is -0.384. The number of pyridine rings is 1. The van der Waals surface area contributed by atoms with E-state index in [4.69, 9.17) is 0 Å². The van der Waals surface area contributed by atoms with E-state index in [0.717, 1.165) is 0 Å². The van der Waals surface area contributed by atoms with Gasteiger partial charge in [0.05, 0.1) is 10.5 Å². The second-order valence-corrected chi connectivity index (χ2v) is 3.85. The van der Waals surface area contributed by atoms with Crippen molar-refractivity contribution in [1.82, 2.24) is 4.98 Å². The van der Waals surface area contributed by atoms with Gasteiger partial charge in [0.15, 0.2) is 0 Å². The molecule has 0 atom stereocenters. The summed E-state index contributed by atoms with van der Waals surface area (Å²) >= 11 is 0. The van der Waals surface area contributed by atoms with Gasteiger partial charge in [-0.25, -0.2) is 0 Å². The van der Waals surface area contributed by atoms with Gasteiger partial charge in [0.25, 0.3) is 11.2 Å². The van der Waals surface area contributed by atoms with Gasteiger partial charge in [0.1, 0.15) is 5.75 Å². The molecule has 0 fully saturated rings. The maximum atomic E-state index is 11.7. The monoisotopic (exact) mass is 246 g/mol. The number of hydrogen-bond acceptors (Lipinski definition) is 4. The number of aromatic amines is 1. The maximum Gasteiger partial charge on any atom is 0.269 e. The highest BCUT2D eigenvalue weighted by molar-refractivity contribution is 5.70. The molecule has 2 N–H and O–H groups in total. The fourth-order valence-corrected chi connectivity index (χ4v) is 1.70. The van der Waals surface area contributed by atoms with E-state index in [1.165, 1.54) is 30.3 Å². The molecular weight excluding hydrogens is 236 g/mol. The van der Waals surface area contributed by atoms with Gasteiger partial charge in [-0.3, -0.25) is 14.9 Å². The first-order valence-electron chi connectivity index (χ1n) is 5.17. The van der Waals surface area contributed by atoms with E-state index in [1.54, 1.807) is 6.92 Å². The van der Waals surface area contributed by atoms with Gasteiger partial charge in [-0.15, -0.1) is 0 Å². The molecule has 0 radical (unpaired) electrons. The standard InChI is InChI=1S/C12H10N2O4/c1-7-6-10(15)11(12(16)13-7)8-2-4-9(5-3-8)14(17)18/h2-6H,1H3,(H2,13,15,16). The summed E-state index contributed by atoms with van der Waals surface area (Å²) in [5, 5.41) is 20.3. The fourth-order valence-electron chi connectivity index (χ4n) is 1.70. The van der Waals surface area contributed by atoms with Gasteiger partial charge in [0, 0.05) is 17.8 Å². The van der Waals surface area contributed by atoms with Crippen LogP contribution in [0.1, 0.15) is 5.69 Å². The lowest BCUT2D eigenvalue weighted by Crippen LogP contribution is -2.10. The molecule has 0 bridgehead atoms. The lowest BCUT2D eigenvalue weighted by atomic mass is 10.1. The molecule has 2 rings (SSSR count). The van der Waals surface area contributed by atoms with Crippen LogP contribution in [0.15, 0.2) is 35.1 Å². The zero-order valence-corrected chi connectivity index (χ0v) is 9.51. The van der Waals surface area contributed by atoms with Crippen LogP contribution in [0.25, 0.3) is 11.1 Å². The van der Waals surface area contributed by atoms with Gasteiger partial charge in [0.2, 0.25) is 0 Å². The second kappa shape index (κ2) is 4.33. The molecule has 1 aromatic carbocycles. The van der Waals surface area contributed by atoms with Gasteiger partial charge >= 0.3 is 0 Å². The summed E-state index contributed by atoms with van der Waals surface area (Å²) in [6, 6.07) is 6.86. The Bertz CT molecular complexity index is 659. The molecule has 0 aliphatic carbocycles. The summed E-state index contributed by atoms with van der Waals surface area (Å²) in [6.45, 7) is 1.65. The Morgan fingerprint density at radius 3 is 2.39 bits per heavy atom. The van der Waals surface area contributed by atoms with Crippen molar-refractivity contribution in [2.45, 2.75) is 6.92 Å². The van der Waals surface area contributed by atoms with Crippen LogP contribution < -0.4 is 5.56 Å². The van der Waals surface area contributed by atoms with E-state index in [1.807, 2.05) is 0 Å². The number of nitro groups is 1. The number of benzene rings is 1. The summed E-state index contributed by atoms with van der Waals surface area (Å²) in [5.41, 5.74) is 0.584. The molecular formula is C12H10N2O4. The van der Waals surface area contributed by atoms with E-state index in [0.29, 0.717) is 11.3 Å². The van der Waals surface area contributed by atoms with Crippen molar-refractivity contribution in [3.63, 3.8) is 0 Å². The zero-order valence-electron chi connectivity index (χ0n) is 9.51. The first kappa shape index (κ1) is 11.8. The Morgan fingerprint density at radius 2 is 1.89 bits per heavy atom. The van der Waals surface area contributed by atoms with Crippen LogP contribution in [-0.4, -0.2) is 15.0 Å². The van der Waals surface area contributed by atoms with Crippen LogP contribution in [0.5, 0.6) is 5.75 Å². The Hall–Kier alpha value is -2.63. The van der Waals surface area contributed by atoms with Gasteiger partial charge in [-0.1, -0.05) is 0 Å². The third-order valence-corrected chi connectivity index (χ3v) is 2.51.